The largest absolute Gasteiger partial charge is 0.383 e. The van der Waals surface area contributed by atoms with Crippen LogP contribution in [0, 0.1) is 13.8 Å². The molecule has 0 amide bonds. The highest BCUT2D eigenvalue weighted by Gasteiger charge is 2.11. The molecule has 156 valence electrons. The van der Waals surface area contributed by atoms with Crippen LogP contribution in [0.3, 0.4) is 0 Å². The van der Waals surface area contributed by atoms with Gasteiger partial charge in [0.1, 0.15) is 0 Å². The number of aromatic nitrogens is 2. The van der Waals surface area contributed by atoms with E-state index in [0.29, 0.717) is 13.2 Å². The Morgan fingerprint density at radius 2 is 2.00 bits per heavy atom. The Morgan fingerprint density at radius 1 is 1.25 bits per heavy atom. The first-order valence-corrected chi connectivity index (χ1v) is 9.72. The summed E-state index contributed by atoms with van der Waals surface area (Å²) in [6.07, 6.45) is 0.844. The number of methoxy groups -OCH3 is 1. The van der Waals surface area contributed by atoms with Crippen molar-refractivity contribution in [3.63, 3.8) is 0 Å². The highest BCUT2D eigenvalue weighted by atomic mass is 127. The lowest BCUT2D eigenvalue weighted by Gasteiger charge is -2.12. The second-order valence-corrected chi connectivity index (χ2v) is 6.74. The monoisotopic (exact) mass is 519 g/mol. The third kappa shape index (κ3) is 7.25. The minimum Gasteiger partial charge on any atom is -0.383 e. The first kappa shape index (κ1) is 24.7. The maximum Gasteiger partial charge on any atom is 0.191 e. The summed E-state index contributed by atoms with van der Waals surface area (Å²) < 4.78 is 7.14. The highest BCUT2D eigenvalue weighted by Crippen LogP contribution is 2.15. The van der Waals surface area contributed by atoms with E-state index in [0.717, 1.165) is 59.6 Å². The zero-order valence-electron chi connectivity index (χ0n) is 17.1. The van der Waals surface area contributed by atoms with Gasteiger partial charge in [-0.25, -0.2) is 4.99 Å². The van der Waals surface area contributed by atoms with E-state index in [-0.39, 0.29) is 24.0 Å². The van der Waals surface area contributed by atoms with Crippen LogP contribution in [0.15, 0.2) is 29.3 Å². The van der Waals surface area contributed by atoms with E-state index in [9.17, 15) is 0 Å². The quantitative estimate of drug-likeness (QED) is 0.301. The number of aliphatic imine (C=N–C) groups is 1. The number of ether oxygens (including phenoxy) is 1. The van der Waals surface area contributed by atoms with Crippen LogP contribution in [0.1, 0.15) is 29.4 Å². The molecule has 2 aromatic rings. The van der Waals surface area contributed by atoms with Gasteiger partial charge in [0.2, 0.25) is 0 Å². The molecule has 0 unspecified atom stereocenters. The second kappa shape index (κ2) is 13.0. The third-order valence-corrected chi connectivity index (χ3v) is 4.79. The van der Waals surface area contributed by atoms with Crippen LogP contribution < -0.4 is 10.6 Å². The molecule has 2 rings (SSSR count). The van der Waals surface area contributed by atoms with Crippen LogP contribution >= 0.6 is 35.6 Å². The van der Waals surface area contributed by atoms with Gasteiger partial charge in [-0.1, -0.05) is 29.8 Å². The number of nitrogens with zero attached hydrogens (tertiary/aromatic N) is 3. The standard InChI is InChI=1S/C20H30ClN5O.HI/c1-5-22-20(23-11-10-17-8-6-7-9-19(17)21)24-14-18-15(2)25-26(16(18)3)12-13-27-4;/h6-9H,5,10-14H2,1-4H3,(H2,22,23,24);1H. The number of hydrogen-bond acceptors (Lipinski definition) is 3. The summed E-state index contributed by atoms with van der Waals surface area (Å²) in [5.41, 5.74) is 4.45. The molecule has 1 heterocycles. The minimum absolute atomic E-state index is 0. The summed E-state index contributed by atoms with van der Waals surface area (Å²) in [6, 6.07) is 7.92. The van der Waals surface area contributed by atoms with Crippen LogP contribution in [0.25, 0.3) is 0 Å². The molecule has 0 bridgehead atoms. The predicted octanol–water partition coefficient (Wildman–Crippen LogP) is 3.72. The molecule has 1 aromatic heterocycles. The molecule has 0 saturated carbocycles. The molecule has 0 aliphatic carbocycles. The number of guanidine groups is 1. The van der Waals surface area contributed by atoms with Crippen molar-refractivity contribution < 1.29 is 4.74 Å². The molecule has 0 saturated heterocycles. The Bertz CT molecular complexity index is 763. The van der Waals surface area contributed by atoms with Crippen molar-refractivity contribution in [2.75, 3.05) is 26.8 Å². The SMILES string of the molecule is CCNC(=NCc1c(C)nn(CCOC)c1C)NCCc1ccccc1Cl.I. The zero-order chi connectivity index (χ0) is 19.6. The van der Waals surface area contributed by atoms with Crippen molar-refractivity contribution in [1.29, 1.82) is 0 Å². The smallest absolute Gasteiger partial charge is 0.191 e. The Hall–Kier alpha value is -1.32. The van der Waals surface area contributed by atoms with Crippen molar-refractivity contribution in [2.45, 2.75) is 40.3 Å². The molecule has 8 heteroatoms. The van der Waals surface area contributed by atoms with Crippen LogP contribution in [0.4, 0.5) is 0 Å². The van der Waals surface area contributed by atoms with Gasteiger partial charge in [0.15, 0.2) is 5.96 Å². The molecule has 0 spiro atoms. The fourth-order valence-electron chi connectivity index (χ4n) is 2.87. The summed E-state index contributed by atoms with van der Waals surface area (Å²) in [5, 5.41) is 12.1. The number of halogens is 2. The van der Waals surface area contributed by atoms with E-state index >= 15 is 0 Å². The van der Waals surface area contributed by atoms with Gasteiger partial charge in [-0.2, -0.15) is 5.10 Å². The van der Waals surface area contributed by atoms with Crippen LogP contribution in [-0.4, -0.2) is 42.5 Å². The average molecular weight is 520 g/mol. The molecule has 28 heavy (non-hydrogen) atoms. The number of aryl methyl sites for hydroxylation is 1. The van der Waals surface area contributed by atoms with Gasteiger partial charge in [0, 0.05) is 36.5 Å². The summed E-state index contributed by atoms with van der Waals surface area (Å²) in [6.45, 7) is 9.73. The number of nitrogens with one attached hydrogen (secondary N) is 2. The topological polar surface area (TPSA) is 63.5 Å². The molecular formula is C20H31ClIN5O. The molecule has 6 nitrogen and oxygen atoms in total. The second-order valence-electron chi connectivity index (χ2n) is 6.33. The van der Waals surface area contributed by atoms with E-state index in [1.165, 1.54) is 0 Å². The molecule has 2 N–H and O–H groups in total. The van der Waals surface area contributed by atoms with Gasteiger partial charge >= 0.3 is 0 Å². The van der Waals surface area contributed by atoms with Crippen molar-refractivity contribution in [2.24, 2.45) is 4.99 Å². The van der Waals surface area contributed by atoms with E-state index in [1.807, 2.05) is 29.8 Å². The van der Waals surface area contributed by atoms with Gasteiger partial charge in [-0.05, 0) is 38.8 Å². The minimum atomic E-state index is 0. The van der Waals surface area contributed by atoms with Crippen molar-refractivity contribution >= 4 is 41.5 Å². The fourth-order valence-corrected chi connectivity index (χ4v) is 3.11. The van der Waals surface area contributed by atoms with Gasteiger partial charge in [0.05, 0.1) is 25.4 Å². The number of benzene rings is 1. The van der Waals surface area contributed by atoms with Gasteiger partial charge in [0.25, 0.3) is 0 Å². The summed E-state index contributed by atoms with van der Waals surface area (Å²) >= 11 is 6.22. The maximum absolute atomic E-state index is 6.22. The fraction of sp³-hybridized carbons (Fsp3) is 0.500. The Morgan fingerprint density at radius 3 is 2.68 bits per heavy atom. The van der Waals surface area contributed by atoms with Crippen molar-refractivity contribution in [1.82, 2.24) is 20.4 Å². The summed E-state index contributed by atoms with van der Waals surface area (Å²) in [4.78, 5) is 4.73. The van der Waals surface area contributed by atoms with Crippen LogP contribution in [0.5, 0.6) is 0 Å². The van der Waals surface area contributed by atoms with E-state index < -0.39 is 0 Å². The zero-order valence-corrected chi connectivity index (χ0v) is 20.2. The Balaban J connectivity index is 0.00000392. The maximum atomic E-state index is 6.22. The van der Waals surface area contributed by atoms with Crippen LogP contribution in [0.2, 0.25) is 5.02 Å². The first-order chi connectivity index (χ1) is 13.1. The summed E-state index contributed by atoms with van der Waals surface area (Å²) in [5.74, 6) is 0.799. The molecule has 0 aliphatic rings. The van der Waals surface area contributed by atoms with E-state index in [4.69, 9.17) is 21.3 Å². The normalized spacial score (nSPS) is 11.2. The van der Waals surface area contributed by atoms with Crippen LogP contribution in [-0.2, 0) is 24.2 Å². The highest BCUT2D eigenvalue weighted by molar-refractivity contribution is 14.0. The molecular weight excluding hydrogens is 489 g/mol. The lowest BCUT2D eigenvalue weighted by molar-refractivity contribution is 0.182. The molecule has 0 aliphatic heterocycles. The number of rotatable bonds is 9. The summed E-state index contributed by atoms with van der Waals surface area (Å²) in [7, 11) is 1.70. The molecule has 0 atom stereocenters. The van der Waals surface area contributed by atoms with Gasteiger partial charge in [-0.3, -0.25) is 4.68 Å². The predicted molar refractivity (Wildman–Crippen MR) is 127 cm³/mol. The number of hydrogen-bond donors (Lipinski definition) is 2. The molecule has 0 radical (unpaired) electrons. The van der Waals surface area contributed by atoms with Crippen molar-refractivity contribution in [3.05, 3.63) is 51.8 Å². The van der Waals surface area contributed by atoms with Gasteiger partial charge < -0.3 is 15.4 Å². The first-order valence-electron chi connectivity index (χ1n) is 9.34. The van der Waals surface area contributed by atoms with Crippen molar-refractivity contribution in [3.8, 4) is 0 Å². The Labute approximate surface area is 190 Å². The lowest BCUT2D eigenvalue weighted by atomic mass is 10.1. The Kier molecular flexibility index (Phi) is 11.5. The van der Waals surface area contributed by atoms with E-state index in [2.05, 4.69) is 35.6 Å². The lowest BCUT2D eigenvalue weighted by Crippen LogP contribution is -2.38. The van der Waals surface area contributed by atoms with Gasteiger partial charge in [-0.15, -0.1) is 24.0 Å². The average Bonchev–Trinajstić information content (AvgIpc) is 2.92. The molecule has 0 fully saturated rings. The third-order valence-electron chi connectivity index (χ3n) is 4.42. The van der Waals surface area contributed by atoms with E-state index in [1.54, 1.807) is 7.11 Å². The molecule has 1 aromatic carbocycles.